The van der Waals surface area contributed by atoms with Crippen molar-refractivity contribution in [1.29, 1.82) is 0 Å². The van der Waals surface area contributed by atoms with Crippen molar-refractivity contribution < 1.29 is 4.74 Å². The van der Waals surface area contributed by atoms with Crippen LogP contribution in [0, 0.1) is 0 Å². The van der Waals surface area contributed by atoms with Gasteiger partial charge in [-0.1, -0.05) is 29.4 Å². The maximum atomic E-state index is 6.23. The molecule has 2 rings (SSSR count). The lowest BCUT2D eigenvalue weighted by Crippen LogP contribution is -2.04. The molecule has 4 heteroatoms. The zero-order valence-electron chi connectivity index (χ0n) is 10.7. The van der Waals surface area contributed by atoms with Crippen LogP contribution in [0.5, 0.6) is 5.75 Å². The minimum atomic E-state index is 0.597. The lowest BCUT2D eigenvalue weighted by molar-refractivity contribution is 0.414. The maximum Gasteiger partial charge on any atom is 0.118 e. The molecule has 2 nitrogen and oxygen atoms in total. The van der Waals surface area contributed by atoms with E-state index in [0.717, 1.165) is 32.5 Å². The molecule has 2 aromatic rings. The molecule has 0 bridgehead atoms. The molecule has 0 fully saturated rings. The SMILES string of the molecule is COc1ccc(Sc2cccc(Cl)c2CCN)cc1. The highest BCUT2D eigenvalue weighted by Crippen LogP contribution is 2.34. The fourth-order valence-electron chi connectivity index (χ4n) is 1.79. The molecule has 19 heavy (non-hydrogen) atoms. The number of methoxy groups -OCH3 is 1. The molecule has 0 spiro atoms. The number of hydrogen-bond acceptors (Lipinski definition) is 3. The number of hydrogen-bond donors (Lipinski definition) is 1. The molecule has 0 aliphatic heterocycles. The molecule has 0 unspecified atom stereocenters. The molecule has 0 amide bonds. The van der Waals surface area contributed by atoms with E-state index in [1.165, 1.54) is 0 Å². The maximum absolute atomic E-state index is 6.23. The van der Waals surface area contributed by atoms with E-state index in [1.54, 1.807) is 18.9 Å². The first-order valence-corrected chi connectivity index (χ1v) is 7.23. The van der Waals surface area contributed by atoms with Crippen molar-refractivity contribution in [3.05, 3.63) is 53.1 Å². The van der Waals surface area contributed by atoms with Crippen molar-refractivity contribution in [2.24, 2.45) is 5.73 Å². The molecular formula is C15H16ClNOS. The van der Waals surface area contributed by atoms with Crippen molar-refractivity contribution in [3.63, 3.8) is 0 Å². The fourth-order valence-corrected chi connectivity index (χ4v) is 3.13. The van der Waals surface area contributed by atoms with Gasteiger partial charge in [0.25, 0.3) is 0 Å². The van der Waals surface area contributed by atoms with E-state index < -0.39 is 0 Å². The van der Waals surface area contributed by atoms with Crippen molar-refractivity contribution in [2.75, 3.05) is 13.7 Å². The Morgan fingerprint density at radius 3 is 2.53 bits per heavy atom. The Labute approximate surface area is 122 Å². The Hall–Kier alpha value is -1.16. The van der Waals surface area contributed by atoms with Gasteiger partial charge in [0.1, 0.15) is 5.75 Å². The predicted octanol–water partition coefficient (Wildman–Crippen LogP) is 4.00. The fraction of sp³-hybridized carbons (Fsp3) is 0.200. The van der Waals surface area contributed by atoms with Crippen LogP contribution in [0.3, 0.4) is 0 Å². The summed E-state index contributed by atoms with van der Waals surface area (Å²) < 4.78 is 5.15. The molecule has 0 radical (unpaired) electrons. The summed E-state index contributed by atoms with van der Waals surface area (Å²) in [6.07, 6.45) is 0.790. The summed E-state index contributed by atoms with van der Waals surface area (Å²) in [5.41, 5.74) is 6.76. The number of ether oxygens (including phenoxy) is 1. The first-order chi connectivity index (χ1) is 9.24. The molecule has 2 N–H and O–H groups in total. The Kier molecular flexibility index (Phi) is 5.14. The van der Waals surface area contributed by atoms with Gasteiger partial charge < -0.3 is 10.5 Å². The molecule has 0 aliphatic carbocycles. The lowest BCUT2D eigenvalue weighted by Gasteiger charge is -2.10. The van der Waals surface area contributed by atoms with Gasteiger partial charge in [-0.3, -0.25) is 0 Å². The Balaban J connectivity index is 2.24. The van der Waals surface area contributed by atoms with Gasteiger partial charge in [0.15, 0.2) is 0 Å². The van der Waals surface area contributed by atoms with Gasteiger partial charge in [0.2, 0.25) is 0 Å². The lowest BCUT2D eigenvalue weighted by atomic mass is 10.1. The van der Waals surface area contributed by atoms with Crippen LogP contribution in [0.2, 0.25) is 5.02 Å². The molecule has 2 aromatic carbocycles. The zero-order valence-corrected chi connectivity index (χ0v) is 12.3. The van der Waals surface area contributed by atoms with Crippen molar-refractivity contribution in [2.45, 2.75) is 16.2 Å². The van der Waals surface area contributed by atoms with Gasteiger partial charge in [0, 0.05) is 14.8 Å². The van der Waals surface area contributed by atoms with Crippen molar-refractivity contribution in [1.82, 2.24) is 0 Å². The van der Waals surface area contributed by atoms with E-state index in [1.807, 2.05) is 36.4 Å². The standard InChI is InChI=1S/C15H16ClNOS/c1-18-11-5-7-12(8-6-11)19-15-4-2-3-14(16)13(15)9-10-17/h2-8H,9-10,17H2,1H3. The second-order valence-corrected chi connectivity index (χ2v) is 5.56. The van der Waals surface area contributed by atoms with Gasteiger partial charge in [-0.05, 0) is 54.9 Å². The molecular weight excluding hydrogens is 278 g/mol. The van der Waals surface area contributed by atoms with Crippen LogP contribution in [0.25, 0.3) is 0 Å². The summed E-state index contributed by atoms with van der Waals surface area (Å²) in [6.45, 7) is 0.597. The molecule has 0 saturated heterocycles. The van der Waals surface area contributed by atoms with E-state index in [0.29, 0.717) is 6.54 Å². The highest BCUT2D eigenvalue weighted by atomic mass is 35.5. The van der Waals surface area contributed by atoms with E-state index in [2.05, 4.69) is 6.07 Å². The van der Waals surface area contributed by atoms with Gasteiger partial charge >= 0.3 is 0 Å². The number of halogens is 1. The quantitative estimate of drug-likeness (QED) is 0.905. The first-order valence-electron chi connectivity index (χ1n) is 6.04. The smallest absolute Gasteiger partial charge is 0.118 e. The summed E-state index contributed by atoms with van der Waals surface area (Å²) in [7, 11) is 1.67. The van der Waals surface area contributed by atoms with Gasteiger partial charge in [-0.2, -0.15) is 0 Å². The average molecular weight is 294 g/mol. The van der Waals surface area contributed by atoms with Crippen LogP contribution in [-0.4, -0.2) is 13.7 Å². The molecule has 100 valence electrons. The van der Waals surface area contributed by atoms with Gasteiger partial charge in [0.05, 0.1) is 7.11 Å². The predicted molar refractivity (Wildman–Crippen MR) is 81.3 cm³/mol. The second kappa shape index (κ2) is 6.85. The molecule has 0 aromatic heterocycles. The van der Waals surface area contributed by atoms with Crippen LogP contribution in [0.4, 0.5) is 0 Å². The number of nitrogens with two attached hydrogens (primary N) is 1. The molecule has 0 aliphatic rings. The normalized spacial score (nSPS) is 10.5. The average Bonchev–Trinajstić information content (AvgIpc) is 2.43. The third kappa shape index (κ3) is 3.66. The first kappa shape index (κ1) is 14.3. The number of rotatable bonds is 5. The minimum absolute atomic E-state index is 0.597. The minimum Gasteiger partial charge on any atom is -0.497 e. The summed E-state index contributed by atoms with van der Waals surface area (Å²) in [6, 6.07) is 13.9. The Bertz CT molecular complexity index is 542. The van der Waals surface area contributed by atoms with Crippen LogP contribution in [0.1, 0.15) is 5.56 Å². The van der Waals surface area contributed by atoms with Crippen molar-refractivity contribution in [3.8, 4) is 5.75 Å². The zero-order chi connectivity index (χ0) is 13.7. The van der Waals surface area contributed by atoms with Crippen LogP contribution >= 0.6 is 23.4 Å². The van der Waals surface area contributed by atoms with E-state index >= 15 is 0 Å². The van der Waals surface area contributed by atoms with Gasteiger partial charge in [-0.25, -0.2) is 0 Å². The molecule has 0 saturated carbocycles. The van der Waals surface area contributed by atoms with E-state index in [-0.39, 0.29) is 0 Å². The third-order valence-corrected chi connectivity index (χ3v) is 4.22. The Morgan fingerprint density at radius 1 is 1.16 bits per heavy atom. The topological polar surface area (TPSA) is 35.2 Å². The highest BCUT2D eigenvalue weighted by molar-refractivity contribution is 7.99. The van der Waals surface area contributed by atoms with Crippen LogP contribution < -0.4 is 10.5 Å². The van der Waals surface area contributed by atoms with E-state index in [9.17, 15) is 0 Å². The monoisotopic (exact) mass is 293 g/mol. The van der Waals surface area contributed by atoms with Crippen molar-refractivity contribution >= 4 is 23.4 Å². The number of benzene rings is 2. The second-order valence-electron chi connectivity index (χ2n) is 4.03. The Morgan fingerprint density at radius 2 is 1.89 bits per heavy atom. The summed E-state index contributed by atoms with van der Waals surface area (Å²) in [4.78, 5) is 2.31. The largest absolute Gasteiger partial charge is 0.497 e. The van der Waals surface area contributed by atoms with E-state index in [4.69, 9.17) is 22.1 Å². The summed E-state index contributed by atoms with van der Waals surface area (Å²) in [5.74, 6) is 0.859. The van der Waals surface area contributed by atoms with Gasteiger partial charge in [-0.15, -0.1) is 0 Å². The summed E-state index contributed by atoms with van der Waals surface area (Å²) >= 11 is 7.93. The molecule has 0 atom stereocenters. The van der Waals surface area contributed by atoms with Crippen LogP contribution in [-0.2, 0) is 6.42 Å². The molecule has 0 heterocycles. The highest BCUT2D eigenvalue weighted by Gasteiger charge is 2.08. The third-order valence-electron chi connectivity index (χ3n) is 2.76. The van der Waals surface area contributed by atoms with Crippen LogP contribution in [0.15, 0.2) is 52.3 Å². The summed E-state index contributed by atoms with van der Waals surface area (Å²) in [5, 5.41) is 0.781.